The summed E-state index contributed by atoms with van der Waals surface area (Å²) >= 11 is 0. The van der Waals surface area contributed by atoms with E-state index in [2.05, 4.69) is 10.6 Å². The highest BCUT2D eigenvalue weighted by Gasteiger charge is 2.71. The maximum Gasteiger partial charge on any atom is 0.416 e. The third-order valence-electron chi connectivity index (χ3n) is 8.77. The molecular formula is C27H31Cl2F8N5O2. The average Bonchev–Trinajstić information content (AvgIpc) is 3.84. The molecule has 4 fully saturated rings. The Bertz CT molecular complexity index is 1290. The first kappa shape index (κ1) is 36.1. The van der Waals surface area contributed by atoms with Crippen LogP contribution in [0.1, 0.15) is 48.8 Å². The summed E-state index contributed by atoms with van der Waals surface area (Å²) in [6.07, 6.45) is -11.8. The number of alkyl halides is 8. The van der Waals surface area contributed by atoms with Crippen LogP contribution in [0.3, 0.4) is 0 Å². The third-order valence-corrected chi connectivity index (χ3v) is 8.77. The van der Waals surface area contributed by atoms with Gasteiger partial charge in [0.25, 0.3) is 5.92 Å². The number of benzene rings is 1. The number of hydrogen-bond acceptors (Lipinski definition) is 5. The van der Waals surface area contributed by atoms with Crippen molar-refractivity contribution in [2.24, 2.45) is 11.3 Å². The van der Waals surface area contributed by atoms with Crippen molar-refractivity contribution in [3.05, 3.63) is 34.9 Å². The fourth-order valence-electron chi connectivity index (χ4n) is 5.86. The number of halogens is 10. The van der Waals surface area contributed by atoms with Crippen LogP contribution >= 0.6 is 24.8 Å². The third kappa shape index (κ3) is 6.73. The number of carbonyl (C=O) groups excluding carboxylic acids is 2. The molecule has 0 spiro atoms. The summed E-state index contributed by atoms with van der Waals surface area (Å²) in [6, 6.07) is 2.53. The minimum absolute atomic E-state index is 0. The van der Waals surface area contributed by atoms with Crippen molar-refractivity contribution in [3.8, 4) is 6.07 Å². The van der Waals surface area contributed by atoms with Gasteiger partial charge >= 0.3 is 12.4 Å². The molecule has 0 radical (unpaired) electrons. The van der Waals surface area contributed by atoms with Gasteiger partial charge in [-0.25, -0.2) is 8.78 Å². The monoisotopic (exact) mass is 679 g/mol. The van der Waals surface area contributed by atoms with Gasteiger partial charge in [0, 0.05) is 50.7 Å². The second-order valence-electron chi connectivity index (χ2n) is 11.7. The van der Waals surface area contributed by atoms with E-state index in [4.69, 9.17) is 0 Å². The van der Waals surface area contributed by atoms with Crippen molar-refractivity contribution in [1.82, 2.24) is 20.4 Å². The maximum atomic E-state index is 16.0. The van der Waals surface area contributed by atoms with Crippen molar-refractivity contribution in [1.29, 1.82) is 5.26 Å². The molecule has 0 aromatic heterocycles. The molecule has 17 heteroatoms. The van der Waals surface area contributed by atoms with Crippen molar-refractivity contribution >= 4 is 36.6 Å². The number of rotatable bonds is 7. The average molecular weight is 680 g/mol. The molecule has 2 atom stereocenters. The summed E-state index contributed by atoms with van der Waals surface area (Å²) in [4.78, 5) is 28.5. The highest BCUT2D eigenvalue weighted by atomic mass is 35.5. The van der Waals surface area contributed by atoms with Crippen LogP contribution in [0.25, 0.3) is 0 Å². The van der Waals surface area contributed by atoms with Crippen LogP contribution in [-0.4, -0.2) is 72.1 Å². The predicted octanol–water partition coefficient (Wildman–Crippen LogP) is 4.78. The molecule has 2 saturated carbocycles. The van der Waals surface area contributed by atoms with E-state index in [1.807, 2.05) is 11.0 Å². The van der Waals surface area contributed by atoms with E-state index in [1.165, 1.54) is 0 Å². The van der Waals surface area contributed by atoms with E-state index < -0.39 is 89.9 Å². The van der Waals surface area contributed by atoms with Crippen LogP contribution in [-0.2, 0) is 28.2 Å². The van der Waals surface area contributed by atoms with E-state index >= 15 is 8.78 Å². The van der Waals surface area contributed by atoms with Gasteiger partial charge in [0.15, 0.2) is 0 Å². The number of piperazine rings is 1. The van der Waals surface area contributed by atoms with Gasteiger partial charge in [-0.15, -0.1) is 24.8 Å². The fourth-order valence-corrected chi connectivity index (χ4v) is 5.86. The molecule has 4 aliphatic rings. The van der Waals surface area contributed by atoms with E-state index in [9.17, 15) is 41.2 Å². The number of amides is 2. The Morgan fingerprint density at radius 2 is 1.59 bits per heavy atom. The van der Waals surface area contributed by atoms with Crippen molar-refractivity contribution in [2.75, 3.05) is 32.7 Å². The van der Waals surface area contributed by atoms with Crippen molar-refractivity contribution in [3.63, 3.8) is 0 Å². The van der Waals surface area contributed by atoms with Crippen LogP contribution in [0.5, 0.6) is 0 Å². The van der Waals surface area contributed by atoms with E-state index in [0.717, 1.165) is 6.07 Å². The Hall–Kier alpha value is -2.41. The normalized spacial score (nSPS) is 24.4. The second-order valence-corrected chi connectivity index (χ2v) is 11.7. The van der Waals surface area contributed by atoms with Crippen LogP contribution in [0.2, 0.25) is 0 Å². The topological polar surface area (TPSA) is 88.5 Å². The van der Waals surface area contributed by atoms with Crippen molar-refractivity contribution in [2.45, 2.75) is 68.5 Å². The number of hydrogen-bond donors (Lipinski definition) is 2. The summed E-state index contributed by atoms with van der Waals surface area (Å²) in [5.41, 5.74) is -6.93. The number of nitriles is 1. The zero-order valence-corrected chi connectivity index (χ0v) is 24.8. The Morgan fingerprint density at radius 1 is 0.977 bits per heavy atom. The molecule has 5 rings (SSSR count). The first-order valence-electron chi connectivity index (χ1n) is 13.7. The van der Waals surface area contributed by atoms with Crippen LogP contribution in [0.4, 0.5) is 35.1 Å². The lowest BCUT2D eigenvalue weighted by atomic mass is 9.88. The molecule has 2 amide bonds. The minimum atomic E-state index is -5.18. The summed E-state index contributed by atoms with van der Waals surface area (Å²) in [6.45, 7) is 1.41. The molecule has 2 N–H and O–H groups in total. The Balaban J connectivity index is 0.00000264. The lowest BCUT2D eigenvalue weighted by molar-refractivity contribution is -0.199. The maximum absolute atomic E-state index is 16.0. The van der Waals surface area contributed by atoms with E-state index in [1.54, 1.807) is 0 Å². The van der Waals surface area contributed by atoms with Gasteiger partial charge in [-0.1, -0.05) is 12.1 Å². The number of likely N-dealkylation sites (tertiary alicyclic amines) is 1. The zero-order chi connectivity index (χ0) is 30.7. The van der Waals surface area contributed by atoms with Crippen LogP contribution < -0.4 is 10.6 Å². The number of carbonyl (C=O) groups is 2. The summed E-state index contributed by atoms with van der Waals surface area (Å²) < 4.78 is 116. The highest BCUT2D eigenvalue weighted by Crippen LogP contribution is 2.60. The lowest BCUT2D eigenvalue weighted by Gasteiger charge is -2.30. The van der Waals surface area contributed by atoms with Gasteiger partial charge in [-0.2, -0.15) is 31.6 Å². The molecule has 2 heterocycles. The SMILES string of the molecule is Cl.Cl.N#CC1(NC(=O)[C@@H]2CC(C(F)(F)c3ccc(CN4CCNCC4)cc3C(F)(F)F)CN2C(=O)C2(C(F)(F)F)CC2)CC1. The molecule has 2 saturated heterocycles. The van der Waals surface area contributed by atoms with Gasteiger partial charge in [-0.3, -0.25) is 14.5 Å². The Kier molecular flexibility index (Phi) is 10.2. The molecule has 1 aromatic rings. The molecule has 1 aromatic carbocycles. The van der Waals surface area contributed by atoms with Gasteiger partial charge < -0.3 is 15.5 Å². The first-order chi connectivity index (χ1) is 19.5. The predicted molar refractivity (Wildman–Crippen MR) is 145 cm³/mol. The summed E-state index contributed by atoms with van der Waals surface area (Å²) in [7, 11) is 0. The second kappa shape index (κ2) is 12.4. The van der Waals surface area contributed by atoms with Crippen molar-refractivity contribution < 1.29 is 44.7 Å². The molecule has 7 nitrogen and oxygen atoms in total. The number of nitrogens with zero attached hydrogens (tertiary/aromatic N) is 3. The highest BCUT2D eigenvalue weighted by molar-refractivity contribution is 5.93. The fraction of sp³-hybridized carbons (Fsp3) is 0.667. The van der Waals surface area contributed by atoms with Gasteiger partial charge in [0.2, 0.25) is 11.8 Å². The zero-order valence-electron chi connectivity index (χ0n) is 23.2. The molecule has 2 aliphatic carbocycles. The van der Waals surface area contributed by atoms with E-state index in [-0.39, 0.29) is 49.8 Å². The number of nitrogens with one attached hydrogen (secondary N) is 2. The summed E-state index contributed by atoms with van der Waals surface area (Å²) in [5.74, 6) is -8.98. The lowest BCUT2D eigenvalue weighted by Crippen LogP contribution is -2.53. The molecular weight excluding hydrogens is 649 g/mol. The largest absolute Gasteiger partial charge is 0.416 e. The molecule has 1 unspecified atom stereocenters. The Morgan fingerprint density at radius 3 is 2.09 bits per heavy atom. The first-order valence-corrected chi connectivity index (χ1v) is 13.7. The molecule has 44 heavy (non-hydrogen) atoms. The summed E-state index contributed by atoms with van der Waals surface area (Å²) in [5, 5.41) is 14.7. The molecule has 0 bridgehead atoms. The van der Waals surface area contributed by atoms with Crippen LogP contribution in [0, 0.1) is 22.7 Å². The van der Waals surface area contributed by atoms with Crippen LogP contribution in [0.15, 0.2) is 18.2 Å². The smallest absolute Gasteiger partial charge is 0.336 e. The standard InChI is InChI=1S/C27H29F8N5O2.2ClH/c28-25(29,18-2-1-16(11-19(18)26(30,31)32)13-39-9-7-37-8-10-39)17-12-20(21(41)38-23(15-36)3-4-23)40(14-17)22(42)24(5-6-24)27(33,34)35;;/h1-2,11,17,20,37H,3-10,12-14H2,(H,38,41);2*1H/t17?,20-;;/m0../s1. The van der Waals surface area contributed by atoms with E-state index in [0.29, 0.717) is 43.2 Å². The molecule has 2 aliphatic heterocycles. The van der Waals surface area contributed by atoms with Gasteiger partial charge in [0.05, 0.1) is 11.6 Å². The Labute approximate surface area is 260 Å². The quantitative estimate of drug-likeness (QED) is 0.406. The molecule has 246 valence electrons. The van der Waals surface area contributed by atoms with Gasteiger partial charge in [-0.05, 0) is 43.7 Å². The van der Waals surface area contributed by atoms with Gasteiger partial charge in [0.1, 0.15) is 17.0 Å². The minimum Gasteiger partial charge on any atom is -0.336 e.